The summed E-state index contributed by atoms with van der Waals surface area (Å²) in [7, 11) is -4.20. The third-order valence-corrected chi connectivity index (χ3v) is 6.01. The molecule has 2 aromatic carbocycles. The summed E-state index contributed by atoms with van der Waals surface area (Å²) in [4.78, 5) is 14.3. The van der Waals surface area contributed by atoms with E-state index in [1.54, 1.807) is 11.0 Å². The monoisotopic (exact) mass is 470 g/mol. The third-order valence-electron chi connectivity index (χ3n) is 4.53. The van der Waals surface area contributed by atoms with E-state index in [1.807, 2.05) is 34.6 Å². The van der Waals surface area contributed by atoms with E-state index in [9.17, 15) is 17.6 Å². The van der Waals surface area contributed by atoms with Gasteiger partial charge < -0.3 is 14.4 Å². The summed E-state index contributed by atoms with van der Waals surface area (Å²) in [5.41, 5.74) is -0.00917. The van der Waals surface area contributed by atoms with Gasteiger partial charge in [0.25, 0.3) is 0 Å². The summed E-state index contributed by atoms with van der Waals surface area (Å²) < 4.78 is 43.9. The molecule has 0 saturated carbocycles. The highest BCUT2D eigenvalue weighted by molar-refractivity contribution is 7.87. The van der Waals surface area contributed by atoms with Gasteiger partial charge in [-0.2, -0.15) is 8.42 Å². The highest BCUT2D eigenvalue weighted by atomic mass is 35.5. The highest BCUT2D eigenvalue weighted by Crippen LogP contribution is 2.28. The number of halogens is 2. The average Bonchev–Trinajstić information content (AvgIpc) is 2.66. The van der Waals surface area contributed by atoms with E-state index in [-0.39, 0.29) is 29.3 Å². The molecule has 170 valence electrons. The van der Waals surface area contributed by atoms with Crippen molar-refractivity contribution < 1.29 is 21.8 Å². The number of benzene rings is 2. The van der Waals surface area contributed by atoms with Crippen LogP contribution in [0, 0.1) is 5.82 Å². The first-order valence-corrected chi connectivity index (χ1v) is 11.7. The summed E-state index contributed by atoms with van der Waals surface area (Å²) in [6, 6.07) is 8.44. The Morgan fingerprint density at radius 3 is 2.35 bits per heavy atom. The van der Waals surface area contributed by atoms with Gasteiger partial charge in [-0.1, -0.05) is 18.5 Å². The van der Waals surface area contributed by atoms with Gasteiger partial charge in [0.05, 0.1) is 6.54 Å². The molecule has 0 saturated heterocycles. The van der Waals surface area contributed by atoms with Crippen molar-refractivity contribution in [2.24, 2.45) is 0 Å². The van der Waals surface area contributed by atoms with Crippen LogP contribution in [0.1, 0.15) is 46.6 Å². The fourth-order valence-corrected chi connectivity index (χ4v) is 3.90. The average molecular weight is 471 g/mol. The molecule has 6 nitrogen and oxygen atoms in total. The Morgan fingerprint density at radius 2 is 1.81 bits per heavy atom. The number of nitrogens with zero attached hydrogens (tertiary/aromatic N) is 1. The van der Waals surface area contributed by atoms with E-state index in [1.165, 1.54) is 12.1 Å². The van der Waals surface area contributed by atoms with Gasteiger partial charge in [0, 0.05) is 22.2 Å². The van der Waals surface area contributed by atoms with Crippen LogP contribution in [0.25, 0.3) is 0 Å². The largest absolute Gasteiger partial charge is 0.379 e. The maximum Gasteiger partial charge on any atom is 0.339 e. The van der Waals surface area contributed by atoms with Gasteiger partial charge in [0.1, 0.15) is 16.5 Å². The van der Waals surface area contributed by atoms with Crippen molar-refractivity contribution in [3.05, 3.63) is 58.9 Å². The van der Waals surface area contributed by atoms with Crippen LogP contribution in [0.15, 0.2) is 47.4 Å². The number of carbonyl (C=O) groups excluding carboxylic acids is 1. The van der Waals surface area contributed by atoms with E-state index in [2.05, 4.69) is 5.32 Å². The van der Waals surface area contributed by atoms with Gasteiger partial charge in [-0.15, -0.1) is 0 Å². The molecule has 2 rings (SSSR count). The minimum Gasteiger partial charge on any atom is -0.379 e. The van der Waals surface area contributed by atoms with Crippen molar-refractivity contribution in [1.82, 2.24) is 10.2 Å². The molecule has 9 heteroatoms. The van der Waals surface area contributed by atoms with Crippen LogP contribution < -0.4 is 9.50 Å². The molecule has 0 bridgehead atoms. The number of urea groups is 1. The van der Waals surface area contributed by atoms with Gasteiger partial charge in [0.15, 0.2) is 0 Å². The van der Waals surface area contributed by atoms with Gasteiger partial charge in [-0.05, 0) is 76.6 Å². The zero-order chi connectivity index (χ0) is 23.4. The zero-order valence-corrected chi connectivity index (χ0v) is 19.8. The molecule has 2 aromatic rings. The first kappa shape index (κ1) is 24.9. The lowest BCUT2D eigenvalue weighted by Crippen LogP contribution is -2.50. The van der Waals surface area contributed by atoms with Crippen LogP contribution in [0.5, 0.6) is 5.75 Å². The second-order valence-corrected chi connectivity index (χ2v) is 10.3. The van der Waals surface area contributed by atoms with Crippen molar-refractivity contribution in [3.8, 4) is 5.75 Å². The summed E-state index contributed by atoms with van der Waals surface area (Å²) in [6.07, 6.45) is 0.697. The number of rotatable bonds is 7. The quantitative estimate of drug-likeness (QED) is 0.553. The molecule has 0 unspecified atom stereocenters. The van der Waals surface area contributed by atoms with E-state index >= 15 is 0 Å². The van der Waals surface area contributed by atoms with Crippen LogP contribution in [-0.2, 0) is 16.7 Å². The lowest BCUT2D eigenvalue weighted by atomic mass is 10.1. The lowest BCUT2D eigenvalue weighted by Gasteiger charge is -2.32. The molecule has 0 heterocycles. The van der Waals surface area contributed by atoms with E-state index in [0.717, 1.165) is 24.3 Å². The Balaban J connectivity index is 2.38. The topological polar surface area (TPSA) is 75.7 Å². The zero-order valence-electron chi connectivity index (χ0n) is 18.3. The molecular formula is C22H28ClFN2O4S. The van der Waals surface area contributed by atoms with Gasteiger partial charge in [-0.3, -0.25) is 0 Å². The van der Waals surface area contributed by atoms with E-state index in [0.29, 0.717) is 17.0 Å². The summed E-state index contributed by atoms with van der Waals surface area (Å²) >= 11 is 6.14. The smallest absolute Gasteiger partial charge is 0.339 e. The SMILES string of the molecule is CC[C@H](C)N(Cc1cc(Cl)ccc1OS(=O)(=O)c1ccc(F)cc1)C(=O)NC(C)(C)C. The van der Waals surface area contributed by atoms with Gasteiger partial charge in [-0.25, -0.2) is 9.18 Å². The van der Waals surface area contributed by atoms with Crippen molar-refractivity contribution in [2.45, 2.75) is 64.1 Å². The maximum atomic E-state index is 13.2. The number of hydrogen-bond acceptors (Lipinski definition) is 4. The predicted molar refractivity (Wildman–Crippen MR) is 119 cm³/mol. The Morgan fingerprint density at radius 1 is 1.19 bits per heavy atom. The molecule has 2 amide bonds. The fourth-order valence-electron chi connectivity index (χ4n) is 2.74. The second kappa shape index (κ2) is 9.87. The molecule has 0 aliphatic rings. The molecule has 1 atom stereocenters. The Bertz CT molecular complexity index is 1020. The molecule has 0 aromatic heterocycles. The Kier molecular flexibility index (Phi) is 7.94. The normalized spacial score (nSPS) is 12.9. The molecule has 0 aliphatic carbocycles. The minimum atomic E-state index is -4.20. The lowest BCUT2D eigenvalue weighted by molar-refractivity contribution is 0.164. The first-order valence-electron chi connectivity index (χ1n) is 9.89. The van der Waals surface area contributed by atoms with Crippen LogP contribution in [0.2, 0.25) is 5.02 Å². The molecule has 0 aliphatic heterocycles. The van der Waals surface area contributed by atoms with Crippen LogP contribution in [0.4, 0.5) is 9.18 Å². The summed E-state index contributed by atoms with van der Waals surface area (Å²) in [6.45, 7) is 9.58. The molecule has 1 N–H and O–H groups in total. The maximum absolute atomic E-state index is 13.2. The summed E-state index contributed by atoms with van der Waals surface area (Å²) in [5.74, 6) is -0.509. The number of amides is 2. The van der Waals surface area contributed by atoms with Crippen LogP contribution in [-0.4, -0.2) is 30.9 Å². The van der Waals surface area contributed by atoms with E-state index in [4.69, 9.17) is 15.8 Å². The highest BCUT2D eigenvalue weighted by Gasteiger charge is 2.26. The van der Waals surface area contributed by atoms with Crippen LogP contribution in [0.3, 0.4) is 0 Å². The predicted octanol–water partition coefficient (Wildman–Crippen LogP) is 5.36. The minimum absolute atomic E-state index is 0.0468. The second-order valence-electron chi connectivity index (χ2n) is 8.31. The van der Waals surface area contributed by atoms with Crippen molar-refractivity contribution in [2.75, 3.05) is 0 Å². The van der Waals surface area contributed by atoms with E-state index < -0.39 is 21.5 Å². The third kappa shape index (κ3) is 7.11. The molecule has 0 radical (unpaired) electrons. The van der Waals surface area contributed by atoms with Crippen molar-refractivity contribution in [3.63, 3.8) is 0 Å². The molecular weight excluding hydrogens is 443 g/mol. The summed E-state index contributed by atoms with van der Waals surface area (Å²) in [5, 5.41) is 3.30. The number of carbonyl (C=O) groups is 1. The van der Waals surface area contributed by atoms with Crippen LogP contribution >= 0.6 is 11.6 Å². The Hall–Kier alpha value is -2.32. The molecule has 0 spiro atoms. The number of nitrogens with one attached hydrogen (secondary N) is 1. The fraction of sp³-hybridized carbons (Fsp3) is 0.409. The van der Waals surface area contributed by atoms with Gasteiger partial charge in [0.2, 0.25) is 0 Å². The van der Waals surface area contributed by atoms with Crippen molar-refractivity contribution in [1.29, 1.82) is 0 Å². The van der Waals surface area contributed by atoms with Crippen molar-refractivity contribution >= 4 is 27.8 Å². The molecule has 0 fully saturated rings. The molecule has 31 heavy (non-hydrogen) atoms. The Labute approximate surface area is 188 Å². The standard InChI is InChI=1S/C22H28ClFN2O4S/c1-6-15(2)26(21(27)25-22(3,4)5)14-16-13-17(23)7-12-20(16)30-31(28,29)19-10-8-18(24)9-11-19/h7-13,15H,6,14H2,1-5H3,(H,25,27)/t15-/m0/s1. The first-order chi connectivity index (χ1) is 14.3. The van der Waals surface area contributed by atoms with Gasteiger partial charge >= 0.3 is 16.1 Å². The number of hydrogen-bond donors (Lipinski definition) is 1.